The molecule has 15 heavy (non-hydrogen) atoms. The molecule has 0 spiro atoms. The number of aliphatic carboxylic acids is 1. The molecule has 0 aromatic carbocycles. The Kier molecular flexibility index (Phi) is 3.94. The normalized spacial score (nSPS) is 14.8. The summed E-state index contributed by atoms with van der Waals surface area (Å²) in [6, 6.07) is -0.0188. The van der Waals surface area contributed by atoms with Gasteiger partial charge in [-0.2, -0.15) is 0 Å². The minimum absolute atomic E-state index is 0.146. The quantitative estimate of drug-likeness (QED) is 0.742. The molecule has 5 nitrogen and oxygen atoms in total. The summed E-state index contributed by atoms with van der Waals surface area (Å²) < 4.78 is 0. The second kappa shape index (κ2) is 5.00. The van der Waals surface area contributed by atoms with E-state index in [9.17, 15) is 9.59 Å². The lowest BCUT2D eigenvalue weighted by Gasteiger charge is -2.26. The van der Waals surface area contributed by atoms with Gasteiger partial charge >= 0.3 is 12.0 Å². The van der Waals surface area contributed by atoms with E-state index in [1.165, 1.54) is 4.90 Å². The molecule has 0 radical (unpaired) electrons. The van der Waals surface area contributed by atoms with Gasteiger partial charge in [-0.15, -0.1) is 0 Å². The van der Waals surface area contributed by atoms with Gasteiger partial charge in [0.25, 0.3) is 0 Å². The van der Waals surface area contributed by atoms with Gasteiger partial charge in [-0.25, -0.2) is 4.79 Å². The van der Waals surface area contributed by atoms with Crippen LogP contribution in [-0.4, -0.2) is 53.1 Å². The van der Waals surface area contributed by atoms with Crippen molar-refractivity contribution in [3.8, 4) is 0 Å². The first-order valence-electron chi connectivity index (χ1n) is 5.29. The number of carboxylic acid groups (broad SMARTS) is 1. The molecule has 0 aromatic heterocycles. The van der Waals surface area contributed by atoms with Gasteiger partial charge in [0.1, 0.15) is 6.54 Å². The van der Waals surface area contributed by atoms with E-state index in [2.05, 4.69) is 0 Å². The lowest BCUT2D eigenvalue weighted by molar-refractivity contribution is -0.137. The highest BCUT2D eigenvalue weighted by atomic mass is 16.4. The molecule has 0 bridgehead atoms. The summed E-state index contributed by atoms with van der Waals surface area (Å²) in [7, 11) is 1.71. The third-order valence-electron chi connectivity index (χ3n) is 2.42. The summed E-state index contributed by atoms with van der Waals surface area (Å²) in [5.74, 6) is -0.944. The molecule has 0 saturated heterocycles. The van der Waals surface area contributed by atoms with Crippen molar-refractivity contribution in [2.45, 2.75) is 32.2 Å². The Balaban J connectivity index is 2.54. The minimum atomic E-state index is -0.944. The fraction of sp³-hybridized carbons (Fsp3) is 0.800. The van der Waals surface area contributed by atoms with E-state index < -0.39 is 5.97 Å². The van der Waals surface area contributed by atoms with Crippen LogP contribution in [0, 0.1) is 0 Å². The van der Waals surface area contributed by atoms with Crippen LogP contribution >= 0.6 is 0 Å². The first-order chi connectivity index (χ1) is 7.06. The van der Waals surface area contributed by atoms with Crippen LogP contribution in [0.4, 0.5) is 4.79 Å². The maximum absolute atomic E-state index is 11.8. The first kappa shape index (κ1) is 11.8. The predicted octanol–water partition coefficient (Wildman–Crippen LogP) is 0.997. The predicted molar refractivity (Wildman–Crippen MR) is 55.7 cm³/mol. The molecule has 0 heterocycles. The largest absolute Gasteiger partial charge is 0.480 e. The van der Waals surface area contributed by atoms with Crippen molar-refractivity contribution in [2.24, 2.45) is 0 Å². The van der Waals surface area contributed by atoms with Gasteiger partial charge in [0, 0.05) is 19.6 Å². The standard InChI is InChI=1S/C10H18N2O3/c1-3-6-11(2)10(15)12(7-9(13)14)8-4-5-8/h8H,3-7H2,1-2H3,(H,13,14). The third-order valence-corrected chi connectivity index (χ3v) is 2.42. The average Bonchev–Trinajstić information content (AvgIpc) is 2.96. The summed E-state index contributed by atoms with van der Waals surface area (Å²) in [5, 5.41) is 8.71. The summed E-state index contributed by atoms with van der Waals surface area (Å²) in [6.07, 6.45) is 2.74. The topological polar surface area (TPSA) is 60.9 Å². The van der Waals surface area contributed by atoms with Crippen molar-refractivity contribution in [1.29, 1.82) is 0 Å². The molecule has 1 aliphatic carbocycles. The van der Waals surface area contributed by atoms with Crippen molar-refractivity contribution in [1.82, 2.24) is 9.80 Å². The zero-order chi connectivity index (χ0) is 11.4. The van der Waals surface area contributed by atoms with Gasteiger partial charge in [-0.05, 0) is 19.3 Å². The van der Waals surface area contributed by atoms with Gasteiger partial charge in [0.2, 0.25) is 0 Å². The molecule has 0 unspecified atom stereocenters. The van der Waals surface area contributed by atoms with E-state index in [1.54, 1.807) is 11.9 Å². The summed E-state index contributed by atoms with van der Waals surface area (Å²) in [6.45, 7) is 2.47. The van der Waals surface area contributed by atoms with E-state index in [1.807, 2.05) is 6.92 Å². The van der Waals surface area contributed by atoms with Crippen molar-refractivity contribution in [2.75, 3.05) is 20.1 Å². The van der Waals surface area contributed by atoms with Gasteiger partial charge in [-0.3, -0.25) is 4.79 Å². The molecular formula is C10H18N2O3. The van der Waals surface area contributed by atoms with Crippen LogP contribution in [0.15, 0.2) is 0 Å². The van der Waals surface area contributed by atoms with E-state index >= 15 is 0 Å². The number of hydrogen-bond donors (Lipinski definition) is 1. The van der Waals surface area contributed by atoms with Crippen molar-refractivity contribution in [3.05, 3.63) is 0 Å². The van der Waals surface area contributed by atoms with E-state index in [-0.39, 0.29) is 18.6 Å². The molecule has 0 aromatic rings. The number of rotatable bonds is 5. The van der Waals surface area contributed by atoms with Crippen LogP contribution in [0.1, 0.15) is 26.2 Å². The zero-order valence-corrected chi connectivity index (χ0v) is 9.27. The smallest absolute Gasteiger partial charge is 0.323 e. The molecular weight excluding hydrogens is 196 g/mol. The number of carboxylic acids is 1. The van der Waals surface area contributed by atoms with Gasteiger partial charge in [0.15, 0.2) is 0 Å². The molecule has 2 amide bonds. The van der Waals surface area contributed by atoms with Crippen LogP contribution in [-0.2, 0) is 4.79 Å². The van der Waals surface area contributed by atoms with Crippen LogP contribution < -0.4 is 0 Å². The van der Waals surface area contributed by atoms with Gasteiger partial charge < -0.3 is 14.9 Å². The number of urea groups is 1. The molecule has 1 rings (SSSR count). The second-order valence-electron chi connectivity index (χ2n) is 3.96. The number of nitrogens with zero attached hydrogens (tertiary/aromatic N) is 2. The summed E-state index contributed by atoms with van der Waals surface area (Å²) in [4.78, 5) is 25.5. The van der Waals surface area contributed by atoms with Crippen LogP contribution in [0.2, 0.25) is 0 Å². The maximum atomic E-state index is 11.8. The van der Waals surface area contributed by atoms with Crippen LogP contribution in [0.3, 0.4) is 0 Å². The lowest BCUT2D eigenvalue weighted by Crippen LogP contribution is -2.45. The summed E-state index contributed by atoms with van der Waals surface area (Å²) in [5.41, 5.74) is 0. The van der Waals surface area contributed by atoms with Gasteiger partial charge in [0.05, 0.1) is 0 Å². The Morgan fingerprint density at radius 1 is 1.40 bits per heavy atom. The lowest BCUT2D eigenvalue weighted by atomic mass is 10.4. The van der Waals surface area contributed by atoms with E-state index in [0.717, 1.165) is 19.3 Å². The van der Waals surface area contributed by atoms with E-state index in [4.69, 9.17) is 5.11 Å². The Bertz CT molecular complexity index is 251. The number of carbonyl (C=O) groups excluding carboxylic acids is 1. The molecule has 0 atom stereocenters. The summed E-state index contributed by atoms with van der Waals surface area (Å²) >= 11 is 0. The fourth-order valence-electron chi connectivity index (χ4n) is 1.54. The zero-order valence-electron chi connectivity index (χ0n) is 9.27. The van der Waals surface area contributed by atoms with E-state index in [0.29, 0.717) is 6.54 Å². The Morgan fingerprint density at radius 2 is 2.00 bits per heavy atom. The molecule has 1 fully saturated rings. The van der Waals surface area contributed by atoms with Crippen molar-refractivity contribution < 1.29 is 14.7 Å². The Hall–Kier alpha value is -1.26. The SMILES string of the molecule is CCCN(C)C(=O)N(CC(=O)O)C1CC1. The molecule has 1 N–H and O–H groups in total. The average molecular weight is 214 g/mol. The molecule has 86 valence electrons. The monoisotopic (exact) mass is 214 g/mol. The molecule has 0 aliphatic heterocycles. The fourth-order valence-corrected chi connectivity index (χ4v) is 1.54. The number of carbonyl (C=O) groups is 2. The second-order valence-corrected chi connectivity index (χ2v) is 3.96. The van der Waals surface area contributed by atoms with Crippen LogP contribution in [0.25, 0.3) is 0 Å². The highest BCUT2D eigenvalue weighted by molar-refractivity contribution is 5.80. The molecule has 1 saturated carbocycles. The molecule has 5 heteroatoms. The highest BCUT2D eigenvalue weighted by Gasteiger charge is 2.35. The Labute approximate surface area is 89.7 Å². The maximum Gasteiger partial charge on any atom is 0.323 e. The molecule has 1 aliphatic rings. The van der Waals surface area contributed by atoms with Crippen molar-refractivity contribution in [3.63, 3.8) is 0 Å². The minimum Gasteiger partial charge on any atom is -0.480 e. The first-order valence-corrected chi connectivity index (χ1v) is 5.29. The van der Waals surface area contributed by atoms with Crippen LogP contribution in [0.5, 0.6) is 0 Å². The third kappa shape index (κ3) is 3.42. The highest BCUT2D eigenvalue weighted by Crippen LogP contribution is 2.27. The van der Waals surface area contributed by atoms with Crippen molar-refractivity contribution >= 4 is 12.0 Å². The Morgan fingerprint density at radius 3 is 2.40 bits per heavy atom. The number of amides is 2. The van der Waals surface area contributed by atoms with Gasteiger partial charge in [-0.1, -0.05) is 6.92 Å². The number of hydrogen-bond acceptors (Lipinski definition) is 2.